The monoisotopic (exact) mass is 309 g/mol. The molecule has 1 atom stereocenters. The average Bonchev–Trinajstić information content (AvgIpc) is 3.16. The molecule has 1 aliphatic heterocycles. The highest BCUT2D eigenvalue weighted by atomic mass is 32.2. The van der Waals surface area contributed by atoms with E-state index in [1.54, 1.807) is 18.7 Å². The lowest BCUT2D eigenvalue weighted by atomic mass is 10.2. The van der Waals surface area contributed by atoms with Gasteiger partial charge < -0.3 is 13.8 Å². The number of aromatic nitrogens is 4. The predicted octanol–water partition coefficient (Wildman–Crippen LogP) is 1.53. The van der Waals surface area contributed by atoms with Crippen LogP contribution in [0.1, 0.15) is 36.5 Å². The number of likely N-dealkylation sites (tertiary alicyclic amines) is 1. The van der Waals surface area contributed by atoms with Gasteiger partial charge in [-0.05, 0) is 19.8 Å². The van der Waals surface area contributed by atoms with Gasteiger partial charge in [-0.25, -0.2) is 0 Å². The molecule has 9 heteroatoms. The van der Waals surface area contributed by atoms with E-state index in [-0.39, 0.29) is 17.7 Å². The molecule has 0 radical (unpaired) electrons. The number of aryl methyl sites for hydroxylation is 2. The number of carbonyl (C=O) groups excluding carboxylic acids is 1. The highest BCUT2D eigenvalue weighted by Gasteiger charge is 2.33. The molecule has 0 N–H and O–H groups in total. The van der Waals surface area contributed by atoms with Crippen LogP contribution < -0.4 is 0 Å². The van der Waals surface area contributed by atoms with Crippen molar-refractivity contribution in [3.05, 3.63) is 17.6 Å². The SMILES string of the molecule is Cc1noc(C2CCCN2C(=O)CSc2nnc(C)o2)n1. The second-order valence-electron chi connectivity index (χ2n) is 4.80. The topological polar surface area (TPSA) is 98.2 Å². The Morgan fingerprint density at radius 1 is 1.43 bits per heavy atom. The summed E-state index contributed by atoms with van der Waals surface area (Å²) in [6.07, 6.45) is 1.78. The van der Waals surface area contributed by atoms with Gasteiger partial charge in [0.25, 0.3) is 5.22 Å². The summed E-state index contributed by atoms with van der Waals surface area (Å²) in [5.74, 6) is 1.85. The normalized spacial score (nSPS) is 18.4. The molecule has 112 valence electrons. The second kappa shape index (κ2) is 5.84. The summed E-state index contributed by atoms with van der Waals surface area (Å²) in [6, 6.07) is -0.122. The molecule has 0 aromatic carbocycles. The Kier molecular flexibility index (Phi) is 3.91. The van der Waals surface area contributed by atoms with Gasteiger partial charge in [-0.3, -0.25) is 4.79 Å². The smallest absolute Gasteiger partial charge is 0.277 e. The van der Waals surface area contributed by atoms with Crippen molar-refractivity contribution in [1.29, 1.82) is 0 Å². The third-order valence-electron chi connectivity index (χ3n) is 3.23. The fraction of sp³-hybridized carbons (Fsp3) is 0.583. The Hall–Kier alpha value is -1.90. The summed E-state index contributed by atoms with van der Waals surface area (Å²) in [4.78, 5) is 18.3. The van der Waals surface area contributed by atoms with Crippen LogP contribution in [-0.2, 0) is 4.79 Å². The molecule has 8 nitrogen and oxygen atoms in total. The van der Waals surface area contributed by atoms with Gasteiger partial charge in [-0.1, -0.05) is 16.9 Å². The number of thioether (sulfide) groups is 1. The van der Waals surface area contributed by atoms with Crippen LogP contribution in [0.5, 0.6) is 0 Å². The molecule has 0 spiro atoms. The molecule has 0 saturated carbocycles. The van der Waals surface area contributed by atoms with E-state index >= 15 is 0 Å². The van der Waals surface area contributed by atoms with Crippen LogP contribution in [0.15, 0.2) is 14.2 Å². The van der Waals surface area contributed by atoms with Gasteiger partial charge in [0.15, 0.2) is 5.82 Å². The van der Waals surface area contributed by atoms with Crippen LogP contribution in [0.2, 0.25) is 0 Å². The fourth-order valence-electron chi connectivity index (χ4n) is 2.31. The minimum Gasteiger partial charge on any atom is -0.416 e. The summed E-state index contributed by atoms with van der Waals surface area (Å²) < 4.78 is 10.4. The molecular formula is C12H15N5O3S. The van der Waals surface area contributed by atoms with E-state index in [2.05, 4.69) is 20.3 Å². The lowest BCUT2D eigenvalue weighted by Gasteiger charge is -2.21. The molecule has 2 aromatic heterocycles. The highest BCUT2D eigenvalue weighted by Crippen LogP contribution is 2.31. The van der Waals surface area contributed by atoms with Crippen LogP contribution in [0, 0.1) is 13.8 Å². The molecule has 3 rings (SSSR count). The summed E-state index contributed by atoms with van der Waals surface area (Å²) in [5.41, 5.74) is 0. The lowest BCUT2D eigenvalue weighted by molar-refractivity contribution is -0.129. The average molecular weight is 309 g/mol. The zero-order chi connectivity index (χ0) is 14.8. The third kappa shape index (κ3) is 3.07. The van der Waals surface area contributed by atoms with Crippen molar-refractivity contribution in [3.8, 4) is 0 Å². The van der Waals surface area contributed by atoms with Crippen molar-refractivity contribution in [2.45, 2.75) is 38.0 Å². The van der Waals surface area contributed by atoms with Crippen LogP contribution in [0.25, 0.3) is 0 Å². The first-order chi connectivity index (χ1) is 10.1. The van der Waals surface area contributed by atoms with Crippen molar-refractivity contribution in [1.82, 2.24) is 25.2 Å². The molecule has 1 aliphatic rings. The van der Waals surface area contributed by atoms with Crippen molar-refractivity contribution in [2.75, 3.05) is 12.3 Å². The van der Waals surface area contributed by atoms with Gasteiger partial charge in [0.1, 0.15) is 6.04 Å². The van der Waals surface area contributed by atoms with E-state index in [0.717, 1.165) is 12.8 Å². The van der Waals surface area contributed by atoms with Crippen molar-refractivity contribution >= 4 is 17.7 Å². The van der Waals surface area contributed by atoms with Gasteiger partial charge in [0.2, 0.25) is 17.7 Å². The van der Waals surface area contributed by atoms with Gasteiger partial charge in [0, 0.05) is 13.5 Å². The number of amides is 1. The molecule has 1 unspecified atom stereocenters. The number of rotatable bonds is 4. The number of nitrogens with zero attached hydrogens (tertiary/aromatic N) is 5. The van der Waals surface area contributed by atoms with Gasteiger partial charge in [-0.15, -0.1) is 10.2 Å². The lowest BCUT2D eigenvalue weighted by Crippen LogP contribution is -2.32. The Morgan fingerprint density at radius 2 is 2.29 bits per heavy atom. The molecule has 21 heavy (non-hydrogen) atoms. The molecule has 0 bridgehead atoms. The van der Waals surface area contributed by atoms with Crippen molar-refractivity contribution in [3.63, 3.8) is 0 Å². The Morgan fingerprint density at radius 3 is 2.95 bits per heavy atom. The van der Waals surface area contributed by atoms with E-state index in [1.807, 2.05) is 0 Å². The second-order valence-corrected chi connectivity index (χ2v) is 5.73. The number of carbonyl (C=O) groups is 1. The zero-order valence-electron chi connectivity index (χ0n) is 11.8. The van der Waals surface area contributed by atoms with E-state index in [0.29, 0.717) is 29.4 Å². The van der Waals surface area contributed by atoms with Gasteiger partial charge >= 0.3 is 0 Å². The maximum absolute atomic E-state index is 12.3. The molecule has 0 aliphatic carbocycles. The van der Waals surface area contributed by atoms with Crippen LogP contribution in [0.4, 0.5) is 0 Å². The third-order valence-corrected chi connectivity index (χ3v) is 4.03. The van der Waals surface area contributed by atoms with Crippen LogP contribution >= 0.6 is 11.8 Å². The van der Waals surface area contributed by atoms with Crippen LogP contribution in [-0.4, -0.2) is 43.4 Å². The minimum atomic E-state index is -0.122. The Bertz CT molecular complexity index is 640. The summed E-state index contributed by atoms with van der Waals surface area (Å²) in [5, 5.41) is 11.8. The van der Waals surface area contributed by atoms with Crippen LogP contribution in [0.3, 0.4) is 0 Å². The Labute approximate surface area is 125 Å². The molecule has 1 saturated heterocycles. The first kappa shape index (κ1) is 14.1. The molecular weight excluding hydrogens is 294 g/mol. The predicted molar refractivity (Wildman–Crippen MR) is 72.5 cm³/mol. The van der Waals surface area contributed by atoms with E-state index < -0.39 is 0 Å². The van der Waals surface area contributed by atoms with Gasteiger partial charge in [-0.2, -0.15) is 4.98 Å². The molecule has 1 amide bonds. The van der Waals surface area contributed by atoms with Gasteiger partial charge in [0.05, 0.1) is 5.75 Å². The quantitative estimate of drug-likeness (QED) is 0.784. The molecule has 2 aromatic rings. The Balaban J connectivity index is 1.63. The largest absolute Gasteiger partial charge is 0.416 e. The van der Waals surface area contributed by atoms with E-state index in [4.69, 9.17) is 8.94 Å². The number of hydrogen-bond donors (Lipinski definition) is 0. The van der Waals surface area contributed by atoms with Crippen molar-refractivity contribution in [2.24, 2.45) is 0 Å². The summed E-state index contributed by atoms with van der Waals surface area (Å²) >= 11 is 1.24. The van der Waals surface area contributed by atoms with E-state index in [9.17, 15) is 4.79 Å². The van der Waals surface area contributed by atoms with E-state index in [1.165, 1.54) is 11.8 Å². The molecule has 1 fully saturated rings. The molecule has 3 heterocycles. The minimum absolute atomic E-state index is 0.00852. The number of hydrogen-bond acceptors (Lipinski definition) is 8. The highest BCUT2D eigenvalue weighted by molar-refractivity contribution is 7.99. The maximum Gasteiger partial charge on any atom is 0.277 e. The summed E-state index contributed by atoms with van der Waals surface area (Å²) in [7, 11) is 0. The summed E-state index contributed by atoms with van der Waals surface area (Å²) in [6.45, 7) is 4.18. The fourth-order valence-corrected chi connectivity index (χ4v) is 3.00. The first-order valence-electron chi connectivity index (χ1n) is 6.66. The first-order valence-corrected chi connectivity index (χ1v) is 7.64. The maximum atomic E-state index is 12.3. The standard InChI is InChI=1S/C12H15N5O3S/c1-7-13-11(20-16-7)9-4-3-5-17(9)10(18)6-21-12-15-14-8(2)19-12/h9H,3-6H2,1-2H3. The van der Waals surface area contributed by atoms with Crippen molar-refractivity contribution < 1.29 is 13.7 Å². The zero-order valence-corrected chi connectivity index (χ0v) is 12.6.